The van der Waals surface area contributed by atoms with Crippen molar-refractivity contribution >= 4 is 16.9 Å². The molecule has 0 amide bonds. The first-order chi connectivity index (χ1) is 12.3. The molecule has 1 N–H and O–H groups in total. The third kappa shape index (κ3) is 3.08. The SMILES string of the molecule is CCC(Nc1nc(C2CCCC2)nc2c1cnn2C)c1cccnc1. The van der Waals surface area contributed by atoms with Gasteiger partial charge in [-0.2, -0.15) is 5.10 Å². The molecule has 1 atom stereocenters. The highest BCUT2D eigenvalue weighted by Gasteiger charge is 2.23. The molecule has 130 valence electrons. The van der Waals surface area contributed by atoms with Gasteiger partial charge in [0.2, 0.25) is 0 Å². The van der Waals surface area contributed by atoms with Crippen molar-refractivity contribution in [1.29, 1.82) is 0 Å². The quantitative estimate of drug-likeness (QED) is 0.763. The molecule has 25 heavy (non-hydrogen) atoms. The molecule has 3 aromatic rings. The summed E-state index contributed by atoms with van der Waals surface area (Å²) in [7, 11) is 1.94. The Morgan fingerprint density at radius 2 is 2.08 bits per heavy atom. The molecule has 0 aromatic carbocycles. The second-order valence-corrected chi connectivity index (χ2v) is 6.81. The van der Waals surface area contributed by atoms with Gasteiger partial charge in [-0.05, 0) is 30.9 Å². The largest absolute Gasteiger partial charge is 0.362 e. The molecular formula is C19H24N6. The lowest BCUT2D eigenvalue weighted by molar-refractivity contribution is 0.664. The van der Waals surface area contributed by atoms with Gasteiger partial charge in [-0.15, -0.1) is 0 Å². The van der Waals surface area contributed by atoms with Crippen LogP contribution in [-0.2, 0) is 7.05 Å². The predicted octanol–water partition coefficient (Wildman–Crippen LogP) is 3.98. The predicted molar refractivity (Wildman–Crippen MR) is 98.4 cm³/mol. The second kappa shape index (κ2) is 6.78. The molecule has 1 fully saturated rings. The lowest BCUT2D eigenvalue weighted by atomic mass is 10.1. The van der Waals surface area contributed by atoms with Crippen molar-refractivity contribution in [3.63, 3.8) is 0 Å². The molecule has 1 saturated carbocycles. The van der Waals surface area contributed by atoms with Gasteiger partial charge in [0.05, 0.1) is 17.6 Å². The number of hydrogen-bond acceptors (Lipinski definition) is 5. The highest BCUT2D eigenvalue weighted by Crippen LogP contribution is 2.34. The van der Waals surface area contributed by atoms with Gasteiger partial charge in [0.25, 0.3) is 0 Å². The third-order valence-corrected chi connectivity index (χ3v) is 5.14. The van der Waals surface area contributed by atoms with Crippen LogP contribution in [0.3, 0.4) is 0 Å². The van der Waals surface area contributed by atoms with Crippen molar-refractivity contribution in [2.75, 3.05) is 5.32 Å². The van der Waals surface area contributed by atoms with Gasteiger partial charge in [-0.3, -0.25) is 9.67 Å². The molecule has 3 aromatic heterocycles. The number of anilines is 1. The lowest BCUT2D eigenvalue weighted by Crippen LogP contribution is -2.13. The summed E-state index contributed by atoms with van der Waals surface area (Å²) in [5.74, 6) is 2.31. The van der Waals surface area contributed by atoms with Gasteiger partial charge in [-0.1, -0.05) is 25.8 Å². The molecule has 4 rings (SSSR count). The number of rotatable bonds is 5. The molecule has 0 bridgehead atoms. The zero-order chi connectivity index (χ0) is 17.2. The number of hydrogen-bond donors (Lipinski definition) is 1. The molecule has 0 aliphatic heterocycles. The Labute approximate surface area is 147 Å². The molecule has 1 aliphatic carbocycles. The van der Waals surface area contributed by atoms with E-state index < -0.39 is 0 Å². The van der Waals surface area contributed by atoms with E-state index in [2.05, 4.69) is 28.4 Å². The highest BCUT2D eigenvalue weighted by molar-refractivity contribution is 5.86. The van der Waals surface area contributed by atoms with E-state index in [9.17, 15) is 0 Å². The Morgan fingerprint density at radius 3 is 2.80 bits per heavy atom. The van der Waals surface area contributed by atoms with Crippen molar-refractivity contribution < 1.29 is 0 Å². The minimum Gasteiger partial charge on any atom is -0.362 e. The van der Waals surface area contributed by atoms with Crippen LogP contribution >= 0.6 is 0 Å². The van der Waals surface area contributed by atoms with Crippen LogP contribution in [0.25, 0.3) is 11.0 Å². The van der Waals surface area contributed by atoms with Crippen molar-refractivity contribution in [2.45, 2.75) is 51.0 Å². The van der Waals surface area contributed by atoms with Crippen LogP contribution in [0.5, 0.6) is 0 Å². The zero-order valence-electron chi connectivity index (χ0n) is 14.8. The summed E-state index contributed by atoms with van der Waals surface area (Å²) in [6, 6.07) is 4.25. The number of nitrogens with zero attached hydrogens (tertiary/aromatic N) is 5. The lowest BCUT2D eigenvalue weighted by Gasteiger charge is -2.19. The highest BCUT2D eigenvalue weighted by atomic mass is 15.3. The molecular weight excluding hydrogens is 312 g/mol. The van der Waals surface area contributed by atoms with Crippen LogP contribution < -0.4 is 5.32 Å². The van der Waals surface area contributed by atoms with Crippen LogP contribution in [0.1, 0.15) is 62.4 Å². The molecule has 6 heteroatoms. The van der Waals surface area contributed by atoms with Crippen molar-refractivity contribution in [2.24, 2.45) is 7.05 Å². The second-order valence-electron chi connectivity index (χ2n) is 6.81. The summed E-state index contributed by atoms with van der Waals surface area (Å²) < 4.78 is 1.84. The van der Waals surface area contributed by atoms with Crippen molar-refractivity contribution in [1.82, 2.24) is 24.7 Å². The molecule has 0 spiro atoms. The standard InChI is InChI=1S/C19H24N6/c1-3-16(14-9-6-10-20-11-14)22-18-15-12-21-25(2)19(15)24-17(23-18)13-7-4-5-8-13/h6,9-13,16H,3-5,7-8H2,1-2H3,(H,22,23,24). The zero-order valence-corrected chi connectivity index (χ0v) is 14.8. The smallest absolute Gasteiger partial charge is 0.163 e. The Bertz CT molecular complexity index is 851. The van der Waals surface area contributed by atoms with E-state index in [-0.39, 0.29) is 6.04 Å². The van der Waals surface area contributed by atoms with Gasteiger partial charge >= 0.3 is 0 Å². The summed E-state index contributed by atoms with van der Waals surface area (Å²) in [6.07, 6.45) is 11.4. The van der Waals surface area contributed by atoms with Crippen LogP contribution in [-0.4, -0.2) is 24.7 Å². The average molecular weight is 336 g/mol. The van der Waals surface area contributed by atoms with Gasteiger partial charge in [-0.25, -0.2) is 9.97 Å². The normalized spacial score (nSPS) is 16.4. The first-order valence-electron chi connectivity index (χ1n) is 9.12. The molecule has 0 radical (unpaired) electrons. The summed E-state index contributed by atoms with van der Waals surface area (Å²) in [5, 5.41) is 8.99. The Balaban J connectivity index is 1.74. The van der Waals surface area contributed by atoms with Crippen LogP contribution in [0.4, 0.5) is 5.82 Å². The minimum absolute atomic E-state index is 0.170. The molecule has 1 unspecified atom stereocenters. The molecule has 1 aliphatic rings. The summed E-state index contributed by atoms with van der Waals surface area (Å²) in [6.45, 7) is 2.17. The van der Waals surface area contributed by atoms with E-state index in [1.807, 2.05) is 30.2 Å². The number of fused-ring (bicyclic) bond motifs is 1. The maximum atomic E-state index is 4.91. The summed E-state index contributed by atoms with van der Waals surface area (Å²) in [5.41, 5.74) is 2.07. The fourth-order valence-corrected chi connectivity index (χ4v) is 3.68. The van der Waals surface area contributed by atoms with E-state index in [1.54, 1.807) is 6.20 Å². The first-order valence-corrected chi connectivity index (χ1v) is 9.12. The van der Waals surface area contributed by atoms with Crippen molar-refractivity contribution in [3.05, 3.63) is 42.1 Å². The van der Waals surface area contributed by atoms with Gasteiger partial charge in [0.15, 0.2) is 5.65 Å². The Morgan fingerprint density at radius 1 is 1.24 bits per heavy atom. The fraction of sp³-hybridized carbons (Fsp3) is 0.474. The van der Waals surface area contributed by atoms with E-state index in [1.165, 1.54) is 31.2 Å². The number of aryl methyl sites for hydroxylation is 1. The van der Waals surface area contributed by atoms with Gasteiger partial charge in [0.1, 0.15) is 11.6 Å². The number of pyridine rings is 1. The topological polar surface area (TPSA) is 68.5 Å². The Kier molecular flexibility index (Phi) is 4.34. The molecule has 3 heterocycles. The summed E-state index contributed by atoms with van der Waals surface area (Å²) >= 11 is 0. The van der Waals surface area contributed by atoms with Gasteiger partial charge in [0, 0.05) is 25.4 Å². The van der Waals surface area contributed by atoms with E-state index in [4.69, 9.17) is 9.97 Å². The summed E-state index contributed by atoms with van der Waals surface area (Å²) in [4.78, 5) is 14.0. The van der Waals surface area contributed by atoms with Crippen molar-refractivity contribution in [3.8, 4) is 0 Å². The number of nitrogens with one attached hydrogen (secondary N) is 1. The monoisotopic (exact) mass is 336 g/mol. The minimum atomic E-state index is 0.170. The van der Waals surface area contributed by atoms with Crippen LogP contribution in [0.15, 0.2) is 30.7 Å². The van der Waals surface area contributed by atoms with Gasteiger partial charge < -0.3 is 5.32 Å². The van der Waals surface area contributed by atoms with Crippen LogP contribution in [0, 0.1) is 0 Å². The fourth-order valence-electron chi connectivity index (χ4n) is 3.68. The first kappa shape index (κ1) is 16.0. The third-order valence-electron chi connectivity index (χ3n) is 5.14. The molecule has 6 nitrogen and oxygen atoms in total. The average Bonchev–Trinajstić information content (AvgIpc) is 3.31. The van der Waals surface area contributed by atoms with Crippen LogP contribution in [0.2, 0.25) is 0 Å². The Hall–Kier alpha value is -2.50. The van der Waals surface area contributed by atoms with E-state index in [0.717, 1.165) is 29.1 Å². The maximum Gasteiger partial charge on any atom is 0.163 e. The maximum absolute atomic E-state index is 4.91. The molecule has 0 saturated heterocycles. The number of aromatic nitrogens is 5. The van der Waals surface area contributed by atoms with E-state index in [0.29, 0.717) is 5.92 Å². The van der Waals surface area contributed by atoms with E-state index >= 15 is 0 Å².